The monoisotopic (exact) mass is 364 g/mol. The van der Waals surface area contributed by atoms with Crippen molar-refractivity contribution in [2.75, 3.05) is 7.05 Å². The number of rotatable bonds is 4. The lowest BCUT2D eigenvalue weighted by Crippen LogP contribution is -2.40. The minimum atomic E-state index is -4.06. The molecular formula is C15H20BrF3N2. The van der Waals surface area contributed by atoms with Gasteiger partial charge in [0.25, 0.3) is 0 Å². The largest absolute Gasteiger partial charge is 0.391 e. The molecule has 0 radical (unpaired) electrons. The summed E-state index contributed by atoms with van der Waals surface area (Å²) >= 11 is 3.33. The molecule has 1 aromatic heterocycles. The number of halogens is 4. The lowest BCUT2D eigenvalue weighted by molar-refractivity contribution is -0.186. The third-order valence-corrected chi connectivity index (χ3v) is 4.80. The van der Waals surface area contributed by atoms with E-state index < -0.39 is 12.1 Å². The van der Waals surface area contributed by atoms with Crippen LogP contribution < -0.4 is 5.32 Å². The maximum absolute atomic E-state index is 12.9. The number of alkyl halides is 3. The van der Waals surface area contributed by atoms with Crippen LogP contribution in [0.3, 0.4) is 0 Å². The first kappa shape index (κ1) is 16.7. The Bertz CT molecular complexity index is 447. The van der Waals surface area contributed by atoms with Crippen LogP contribution >= 0.6 is 15.9 Å². The Hall–Kier alpha value is -0.620. The van der Waals surface area contributed by atoms with Crippen molar-refractivity contribution in [2.45, 2.75) is 44.3 Å². The number of hydrogen-bond donors (Lipinski definition) is 1. The highest BCUT2D eigenvalue weighted by molar-refractivity contribution is 9.10. The fourth-order valence-corrected chi connectivity index (χ4v) is 3.38. The summed E-state index contributed by atoms with van der Waals surface area (Å²) in [5.41, 5.74) is 0.909. The Balaban J connectivity index is 2.01. The predicted octanol–water partition coefficient (Wildman–Crippen LogP) is 4.34. The highest BCUT2D eigenvalue weighted by atomic mass is 79.9. The van der Waals surface area contributed by atoms with E-state index in [0.29, 0.717) is 12.8 Å². The van der Waals surface area contributed by atoms with E-state index in [4.69, 9.17) is 0 Å². The van der Waals surface area contributed by atoms with E-state index >= 15 is 0 Å². The van der Waals surface area contributed by atoms with E-state index in [9.17, 15) is 13.2 Å². The summed E-state index contributed by atoms with van der Waals surface area (Å²) in [5, 5.41) is 3.19. The summed E-state index contributed by atoms with van der Waals surface area (Å²) in [4.78, 5) is 4.32. The summed E-state index contributed by atoms with van der Waals surface area (Å²) in [6.07, 6.45) is 0.335. The standard InChI is InChI=1S/C15H20BrF3N2/c1-20-14(8-13-6-5-12(16)9-21-13)10-3-2-4-11(7-10)15(17,18)19/h5-6,9-11,14,20H,2-4,7-8H2,1H3. The van der Waals surface area contributed by atoms with Gasteiger partial charge in [-0.1, -0.05) is 6.42 Å². The number of aromatic nitrogens is 1. The van der Waals surface area contributed by atoms with Crippen LogP contribution in [-0.4, -0.2) is 24.2 Å². The van der Waals surface area contributed by atoms with Crippen LogP contribution in [0.4, 0.5) is 13.2 Å². The normalized spacial score (nSPS) is 24.8. The van der Waals surface area contributed by atoms with Crippen LogP contribution in [0, 0.1) is 11.8 Å². The number of nitrogens with one attached hydrogen (secondary N) is 1. The van der Waals surface area contributed by atoms with Gasteiger partial charge in [0.15, 0.2) is 0 Å². The average Bonchev–Trinajstić information content (AvgIpc) is 2.46. The summed E-state index contributed by atoms with van der Waals surface area (Å²) < 4.78 is 39.7. The van der Waals surface area contributed by atoms with Gasteiger partial charge in [0.2, 0.25) is 0 Å². The molecule has 1 N–H and O–H groups in total. The zero-order valence-corrected chi connectivity index (χ0v) is 13.5. The predicted molar refractivity (Wildman–Crippen MR) is 80.0 cm³/mol. The second-order valence-electron chi connectivity index (χ2n) is 5.73. The van der Waals surface area contributed by atoms with Gasteiger partial charge in [0.1, 0.15) is 0 Å². The lowest BCUT2D eigenvalue weighted by Gasteiger charge is -2.35. The molecule has 1 aliphatic carbocycles. The van der Waals surface area contributed by atoms with Crippen molar-refractivity contribution >= 4 is 15.9 Å². The van der Waals surface area contributed by atoms with Gasteiger partial charge in [-0.15, -0.1) is 0 Å². The number of likely N-dealkylation sites (N-methyl/N-ethyl adjacent to an activating group) is 1. The second-order valence-corrected chi connectivity index (χ2v) is 6.65. The summed E-state index contributed by atoms with van der Waals surface area (Å²) in [5.74, 6) is -1.09. The molecular weight excluding hydrogens is 345 g/mol. The molecule has 6 heteroatoms. The number of hydrogen-bond acceptors (Lipinski definition) is 2. The van der Waals surface area contributed by atoms with E-state index in [1.807, 2.05) is 19.2 Å². The van der Waals surface area contributed by atoms with E-state index in [1.54, 1.807) is 6.20 Å². The fraction of sp³-hybridized carbons (Fsp3) is 0.667. The minimum Gasteiger partial charge on any atom is -0.316 e. The molecule has 0 spiro atoms. The molecule has 0 saturated heterocycles. The zero-order valence-electron chi connectivity index (χ0n) is 12.0. The van der Waals surface area contributed by atoms with Crippen LogP contribution in [0.1, 0.15) is 31.4 Å². The first-order valence-electron chi connectivity index (χ1n) is 7.24. The molecule has 1 aliphatic rings. The molecule has 2 rings (SSSR count). The topological polar surface area (TPSA) is 24.9 Å². The van der Waals surface area contributed by atoms with Crippen LogP contribution in [0.15, 0.2) is 22.8 Å². The SMILES string of the molecule is CNC(Cc1ccc(Br)cn1)C1CCCC(C(F)(F)F)C1. The highest BCUT2D eigenvalue weighted by Gasteiger charge is 2.43. The quantitative estimate of drug-likeness (QED) is 0.859. The van der Waals surface area contributed by atoms with E-state index in [-0.39, 0.29) is 24.8 Å². The number of pyridine rings is 1. The molecule has 3 atom stereocenters. The van der Waals surface area contributed by atoms with Crippen molar-refractivity contribution in [1.29, 1.82) is 0 Å². The van der Waals surface area contributed by atoms with E-state index in [2.05, 4.69) is 26.2 Å². The fourth-order valence-electron chi connectivity index (χ4n) is 3.15. The summed E-state index contributed by atoms with van der Waals surface area (Å²) in [6, 6.07) is 3.87. The first-order valence-corrected chi connectivity index (χ1v) is 8.04. The first-order chi connectivity index (χ1) is 9.90. The molecule has 0 aliphatic heterocycles. The number of nitrogens with zero attached hydrogens (tertiary/aromatic N) is 1. The Morgan fingerprint density at radius 1 is 1.38 bits per heavy atom. The molecule has 1 saturated carbocycles. The molecule has 3 unspecified atom stereocenters. The van der Waals surface area contributed by atoms with Gasteiger partial charge in [0.05, 0.1) is 5.92 Å². The Labute approximate surface area is 131 Å². The minimum absolute atomic E-state index is 0.0452. The third-order valence-electron chi connectivity index (χ3n) is 4.34. The van der Waals surface area contributed by atoms with Crippen molar-refractivity contribution in [3.05, 3.63) is 28.5 Å². The zero-order chi connectivity index (χ0) is 15.5. The van der Waals surface area contributed by atoms with Gasteiger partial charge in [-0.05, 0) is 60.3 Å². The van der Waals surface area contributed by atoms with Crippen molar-refractivity contribution in [2.24, 2.45) is 11.8 Å². The van der Waals surface area contributed by atoms with E-state index in [0.717, 1.165) is 16.6 Å². The van der Waals surface area contributed by atoms with Gasteiger partial charge in [-0.25, -0.2) is 0 Å². The molecule has 21 heavy (non-hydrogen) atoms. The Kier molecular flexibility index (Phi) is 5.66. The molecule has 1 heterocycles. The molecule has 2 nitrogen and oxygen atoms in total. The van der Waals surface area contributed by atoms with Crippen molar-refractivity contribution < 1.29 is 13.2 Å². The molecule has 0 aromatic carbocycles. The van der Waals surface area contributed by atoms with Crippen LogP contribution in [0.2, 0.25) is 0 Å². The van der Waals surface area contributed by atoms with Gasteiger partial charge in [0, 0.05) is 28.8 Å². The second kappa shape index (κ2) is 7.09. The van der Waals surface area contributed by atoms with Crippen molar-refractivity contribution in [3.8, 4) is 0 Å². The smallest absolute Gasteiger partial charge is 0.316 e. The van der Waals surface area contributed by atoms with Crippen LogP contribution in [-0.2, 0) is 6.42 Å². The molecule has 0 amide bonds. The van der Waals surface area contributed by atoms with Crippen LogP contribution in [0.5, 0.6) is 0 Å². The summed E-state index contributed by atoms with van der Waals surface area (Å²) in [6.45, 7) is 0. The Morgan fingerprint density at radius 3 is 2.71 bits per heavy atom. The van der Waals surface area contributed by atoms with E-state index in [1.165, 1.54) is 0 Å². The molecule has 0 bridgehead atoms. The Morgan fingerprint density at radius 2 is 2.14 bits per heavy atom. The summed E-state index contributed by atoms with van der Waals surface area (Å²) in [7, 11) is 1.82. The maximum Gasteiger partial charge on any atom is 0.391 e. The lowest BCUT2D eigenvalue weighted by atomic mass is 9.76. The van der Waals surface area contributed by atoms with Gasteiger partial charge in [-0.2, -0.15) is 13.2 Å². The third kappa shape index (κ3) is 4.68. The van der Waals surface area contributed by atoms with Gasteiger partial charge >= 0.3 is 6.18 Å². The van der Waals surface area contributed by atoms with Crippen molar-refractivity contribution in [1.82, 2.24) is 10.3 Å². The molecule has 1 fully saturated rings. The highest BCUT2D eigenvalue weighted by Crippen LogP contribution is 2.41. The average molecular weight is 365 g/mol. The van der Waals surface area contributed by atoms with Crippen LogP contribution in [0.25, 0.3) is 0 Å². The maximum atomic E-state index is 12.9. The molecule has 1 aromatic rings. The van der Waals surface area contributed by atoms with Gasteiger partial charge in [-0.3, -0.25) is 4.98 Å². The van der Waals surface area contributed by atoms with Gasteiger partial charge < -0.3 is 5.32 Å². The molecule has 118 valence electrons. The van der Waals surface area contributed by atoms with Crippen molar-refractivity contribution in [3.63, 3.8) is 0 Å².